The van der Waals surface area contributed by atoms with Crippen molar-refractivity contribution >= 4 is 62.6 Å². The molecule has 0 bridgehead atoms. The highest BCUT2D eigenvalue weighted by Gasteiger charge is 2.26. The van der Waals surface area contributed by atoms with Gasteiger partial charge in [0, 0.05) is 23.7 Å². The van der Waals surface area contributed by atoms with Gasteiger partial charge in [-0.05, 0) is 70.7 Å². The second-order valence-corrected chi connectivity index (χ2v) is 10.3. The number of hydrogen-bond donors (Lipinski definition) is 3. The molecule has 3 N–H and O–H groups in total. The number of hydrogen-bond acceptors (Lipinski definition) is 5. The molecule has 2 amide bonds. The first-order valence-corrected chi connectivity index (χ1v) is 13.2. The van der Waals surface area contributed by atoms with Crippen LogP contribution in [0.15, 0.2) is 65.4 Å². The Morgan fingerprint density at radius 3 is 2.46 bits per heavy atom. The Hall–Kier alpha value is -3.73. The van der Waals surface area contributed by atoms with Gasteiger partial charge in [0.15, 0.2) is 5.82 Å². The van der Waals surface area contributed by atoms with E-state index in [9.17, 15) is 19.5 Å². The third-order valence-electron chi connectivity index (χ3n) is 5.92. The number of anilines is 1. The van der Waals surface area contributed by atoms with E-state index in [2.05, 4.69) is 36.6 Å². The zero-order chi connectivity index (χ0) is 28.3. The highest BCUT2D eigenvalue weighted by molar-refractivity contribution is 9.10. The number of aromatic nitrogens is 3. The van der Waals surface area contributed by atoms with E-state index in [-0.39, 0.29) is 39.2 Å². The van der Waals surface area contributed by atoms with Crippen molar-refractivity contribution in [2.24, 2.45) is 0 Å². The number of nitrogens with zero attached hydrogens (tertiary/aromatic N) is 3. The number of carbonyl (C=O) groups is 3. The van der Waals surface area contributed by atoms with Crippen LogP contribution in [0.4, 0.5) is 5.69 Å². The summed E-state index contributed by atoms with van der Waals surface area (Å²) >= 11 is 15.8. The van der Waals surface area contributed by atoms with Crippen LogP contribution in [0, 0.1) is 13.8 Å². The molecule has 39 heavy (non-hydrogen) atoms. The van der Waals surface area contributed by atoms with E-state index in [1.54, 1.807) is 31.2 Å². The van der Waals surface area contributed by atoms with Gasteiger partial charge < -0.3 is 15.7 Å². The van der Waals surface area contributed by atoms with Gasteiger partial charge in [0.1, 0.15) is 16.3 Å². The average molecular weight is 631 g/mol. The van der Waals surface area contributed by atoms with Crippen molar-refractivity contribution in [3.63, 3.8) is 0 Å². The van der Waals surface area contributed by atoms with Crippen LogP contribution >= 0.6 is 39.1 Å². The van der Waals surface area contributed by atoms with Crippen molar-refractivity contribution in [3.05, 3.63) is 103 Å². The molecule has 2 aromatic heterocycles. The average Bonchev–Trinajstić information content (AvgIpc) is 3.27. The van der Waals surface area contributed by atoms with Crippen molar-refractivity contribution < 1.29 is 19.5 Å². The van der Waals surface area contributed by atoms with E-state index in [0.29, 0.717) is 10.2 Å². The summed E-state index contributed by atoms with van der Waals surface area (Å²) < 4.78 is 1.63. The quantitative estimate of drug-likeness (QED) is 0.232. The topological polar surface area (TPSA) is 126 Å². The number of halogens is 3. The zero-order valence-corrected chi connectivity index (χ0v) is 23.8. The molecule has 4 rings (SSSR count). The first kappa shape index (κ1) is 28.3. The number of benzene rings is 2. The Morgan fingerprint density at radius 2 is 1.77 bits per heavy atom. The van der Waals surface area contributed by atoms with Gasteiger partial charge >= 0.3 is 5.97 Å². The van der Waals surface area contributed by atoms with Crippen LogP contribution in [0.1, 0.15) is 37.5 Å². The number of rotatable bonds is 8. The Bertz CT molecular complexity index is 1590. The molecule has 2 heterocycles. The lowest BCUT2D eigenvalue weighted by molar-refractivity contribution is -0.139. The number of carbonyl (C=O) groups excluding carboxylic acids is 2. The highest BCUT2D eigenvalue weighted by atomic mass is 79.9. The van der Waals surface area contributed by atoms with E-state index in [1.165, 1.54) is 23.0 Å². The van der Waals surface area contributed by atoms with Gasteiger partial charge in [-0.2, -0.15) is 5.10 Å². The van der Waals surface area contributed by atoms with Gasteiger partial charge in [-0.25, -0.2) is 14.5 Å². The number of aliphatic carboxylic acids is 1. The number of amides is 2. The summed E-state index contributed by atoms with van der Waals surface area (Å²) in [4.78, 5) is 43.0. The maximum atomic E-state index is 13.4. The minimum Gasteiger partial charge on any atom is -0.480 e. The number of carboxylic acids is 1. The van der Waals surface area contributed by atoms with Crippen molar-refractivity contribution in [1.82, 2.24) is 20.1 Å². The molecular formula is C27H22BrCl2N5O4. The lowest BCUT2D eigenvalue weighted by Crippen LogP contribution is -2.42. The Kier molecular flexibility index (Phi) is 8.69. The monoisotopic (exact) mass is 629 g/mol. The fourth-order valence-corrected chi connectivity index (χ4v) is 4.82. The molecular weight excluding hydrogens is 609 g/mol. The van der Waals surface area contributed by atoms with Gasteiger partial charge in [-0.1, -0.05) is 47.5 Å². The summed E-state index contributed by atoms with van der Waals surface area (Å²) in [7, 11) is 0. The largest absolute Gasteiger partial charge is 0.480 e. The molecule has 1 atom stereocenters. The van der Waals surface area contributed by atoms with Crippen molar-refractivity contribution in [3.8, 4) is 5.82 Å². The van der Waals surface area contributed by atoms with Crippen LogP contribution in [0.3, 0.4) is 0 Å². The Morgan fingerprint density at radius 1 is 1.03 bits per heavy atom. The Balaban J connectivity index is 1.65. The Labute approximate surface area is 242 Å². The van der Waals surface area contributed by atoms with Crippen LogP contribution in [-0.4, -0.2) is 43.7 Å². The van der Waals surface area contributed by atoms with Gasteiger partial charge in [0.25, 0.3) is 11.8 Å². The maximum absolute atomic E-state index is 13.4. The van der Waals surface area contributed by atoms with Crippen LogP contribution in [0.5, 0.6) is 0 Å². The summed E-state index contributed by atoms with van der Waals surface area (Å²) in [6, 6.07) is 13.8. The first-order chi connectivity index (χ1) is 18.5. The maximum Gasteiger partial charge on any atom is 0.326 e. The molecule has 9 nitrogen and oxygen atoms in total. The standard InChI is InChI=1S/C27H22BrCl2N5O4/c1-14-6-3-4-7-16(14)11-20(27(38)39)32-25(36)18-12-17(29)10-15(2)23(18)33-26(37)21-13-22(28)34-35(21)24-19(30)8-5-9-31-24/h3-10,12-13,20H,11H2,1-2H3,(H,32,36)(H,33,37)(H,38,39)/t20-/m0/s1. The van der Waals surface area contributed by atoms with Gasteiger partial charge in [-0.3, -0.25) is 9.59 Å². The molecule has 0 aliphatic carbocycles. The van der Waals surface area contributed by atoms with Crippen molar-refractivity contribution in [1.29, 1.82) is 0 Å². The zero-order valence-electron chi connectivity index (χ0n) is 20.7. The summed E-state index contributed by atoms with van der Waals surface area (Å²) in [6.07, 6.45) is 1.59. The molecule has 2 aromatic carbocycles. The molecule has 0 saturated carbocycles. The molecule has 0 saturated heterocycles. The van der Waals surface area contributed by atoms with Crippen molar-refractivity contribution in [2.75, 3.05) is 5.32 Å². The van der Waals surface area contributed by atoms with Crippen LogP contribution < -0.4 is 10.6 Å². The normalized spacial score (nSPS) is 11.6. The lowest BCUT2D eigenvalue weighted by atomic mass is 10.0. The summed E-state index contributed by atoms with van der Waals surface area (Å²) in [5, 5.41) is 19.9. The second kappa shape index (κ2) is 12.0. The summed E-state index contributed by atoms with van der Waals surface area (Å²) in [5.74, 6) is -2.28. The summed E-state index contributed by atoms with van der Waals surface area (Å²) in [5.41, 5.74) is 2.44. The number of nitrogens with one attached hydrogen (secondary N) is 2. The molecule has 0 radical (unpaired) electrons. The SMILES string of the molecule is Cc1ccccc1C[C@H](NC(=O)c1cc(Cl)cc(C)c1NC(=O)c1cc(Br)nn1-c1ncccc1Cl)C(=O)O. The fraction of sp³-hybridized carbons (Fsp3) is 0.148. The van der Waals surface area contributed by atoms with E-state index in [4.69, 9.17) is 23.2 Å². The molecule has 0 spiro atoms. The molecule has 0 aliphatic rings. The molecule has 200 valence electrons. The highest BCUT2D eigenvalue weighted by Crippen LogP contribution is 2.28. The van der Waals surface area contributed by atoms with E-state index in [0.717, 1.165) is 11.1 Å². The summed E-state index contributed by atoms with van der Waals surface area (Å²) in [6.45, 7) is 3.54. The first-order valence-electron chi connectivity index (χ1n) is 11.6. The van der Waals surface area contributed by atoms with E-state index in [1.807, 2.05) is 25.1 Å². The predicted octanol–water partition coefficient (Wildman–Crippen LogP) is 5.63. The van der Waals surface area contributed by atoms with Gasteiger partial charge in [0.05, 0.1) is 16.3 Å². The van der Waals surface area contributed by atoms with E-state index >= 15 is 0 Å². The number of carboxylic acid groups (broad SMARTS) is 1. The smallest absolute Gasteiger partial charge is 0.326 e. The lowest BCUT2D eigenvalue weighted by Gasteiger charge is -2.19. The van der Waals surface area contributed by atoms with Crippen LogP contribution in [0.2, 0.25) is 10.0 Å². The predicted molar refractivity (Wildman–Crippen MR) is 152 cm³/mol. The molecule has 4 aromatic rings. The van der Waals surface area contributed by atoms with E-state index < -0.39 is 23.8 Å². The second-order valence-electron chi connectivity index (χ2n) is 8.67. The molecule has 0 aliphatic heterocycles. The third kappa shape index (κ3) is 6.47. The minimum atomic E-state index is -1.22. The molecule has 0 unspecified atom stereocenters. The molecule has 0 fully saturated rings. The fourth-order valence-electron chi connectivity index (χ4n) is 3.97. The number of aryl methyl sites for hydroxylation is 2. The minimum absolute atomic E-state index is 0.00498. The third-order valence-corrected chi connectivity index (χ3v) is 6.82. The van der Waals surface area contributed by atoms with Gasteiger partial charge in [0.2, 0.25) is 0 Å². The molecule has 12 heteroatoms. The van der Waals surface area contributed by atoms with Crippen LogP contribution in [-0.2, 0) is 11.2 Å². The van der Waals surface area contributed by atoms with Crippen molar-refractivity contribution in [2.45, 2.75) is 26.3 Å². The number of pyridine rings is 1. The van der Waals surface area contributed by atoms with Gasteiger partial charge in [-0.15, -0.1) is 0 Å². The van der Waals surface area contributed by atoms with Crippen LogP contribution in [0.25, 0.3) is 5.82 Å².